The normalized spacial score (nSPS) is 8.73. The molecule has 0 aliphatic heterocycles. The largest absolute Gasteiger partial charge is 0.478 e. The molecule has 1 aromatic carbocycles. The topological polar surface area (TPSA) is 80.4 Å². The molecule has 0 aliphatic rings. The van der Waals surface area contributed by atoms with E-state index in [-0.39, 0.29) is 16.3 Å². The highest BCUT2D eigenvalue weighted by molar-refractivity contribution is 6.33. The molecule has 6 heteroatoms. The molecule has 0 bridgehead atoms. The maximum atomic E-state index is 10.4. The molecule has 0 saturated heterocycles. The first-order valence-electron chi connectivity index (χ1n) is 4.19. The van der Waals surface area contributed by atoms with E-state index in [1.165, 1.54) is 0 Å². The Hall–Kier alpha value is -1.62. The molecule has 0 atom stereocenters. The molecular formula is C9H10ClNO4. The molecule has 0 heterocycles. The van der Waals surface area contributed by atoms with E-state index in [2.05, 4.69) is 0 Å². The Balaban J connectivity index is 0.000000921. The molecule has 0 unspecified atom stereocenters. The van der Waals surface area contributed by atoms with E-state index in [9.17, 15) is 14.9 Å². The Labute approximate surface area is 91.4 Å². The van der Waals surface area contributed by atoms with Gasteiger partial charge in [0.25, 0.3) is 5.69 Å². The highest BCUT2D eigenvalue weighted by atomic mass is 35.5. The number of carboxylic acids is 1. The Morgan fingerprint density at radius 1 is 1.47 bits per heavy atom. The molecule has 5 nitrogen and oxygen atoms in total. The van der Waals surface area contributed by atoms with Crippen LogP contribution in [0.5, 0.6) is 0 Å². The smallest absolute Gasteiger partial charge is 0.337 e. The van der Waals surface area contributed by atoms with E-state index in [1.54, 1.807) is 0 Å². The quantitative estimate of drug-likeness (QED) is 0.627. The summed E-state index contributed by atoms with van der Waals surface area (Å²) in [6, 6.07) is 3.20. The number of halogens is 1. The minimum absolute atomic E-state index is 0.137. The zero-order chi connectivity index (χ0) is 12.0. The lowest BCUT2D eigenvalue weighted by atomic mass is 10.2. The molecule has 0 fully saturated rings. The fraction of sp³-hybridized carbons (Fsp3) is 0.222. The molecule has 0 aromatic heterocycles. The standard InChI is InChI=1S/C7H4ClNO4.C2H6/c8-6-3-4(9(12)13)1-2-5(6)7(10)11;1-2/h1-3H,(H,10,11);1-2H3. The zero-order valence-electron chi connectivity index (χ0n) is 8.23. The van der Waals surface area contributed by atoms with Crippen molar-refractivity contribution in [2.45, 2.75) is 13.8 Å². The van der Waals surface area contributed by atoms with Crippen molar-refractivity contribution < 1.29 is 14.8 Å². The van der Waals surface area contributed by atoms with Crippen LogP contribution in [0, 0.1) is 10.1 Å². The van der Waals surface area contributed by atoms with Crippen molar-refractivity contribution >= 4 is 23.3 Å². The number of nitrogens with zero attached hydrogens (tertiary/aromatic N) is 1. The van der Waals surface area contributed by atoms with Crippen molar-refractivity contribution in [3.8, 4) is 0 Å². The van der Waals surface area contributed by atoms with Crippen molar-refractivity contribution in [1.82, 2.24) is 0 Å². The lowest BCUT2D eigenvalue weighted by Gasteiger charge is -1.97. The molecule has 15 heavy (non-hydrogen) atoms. The number of non-ortho nitro benzene ring substituents is 1. The molecular weight excluding hydrogens is 222 g/mol. The number of hydrogen-bond donors (Lipinski definition) is 1. The maximum Gasteiger partial charge on any atom is 0.337 e. The van der Waals surface area contributed by atoms with Crippen LogP contribution in [-0.2, 0) is 0 Å². The maximum absolute atomic E-state index is 10.4. The average Bonchev–Trinajstić information content (AvgIpc) is 2.20. The first-order chi connectivity index (χ1) is 7.02. The molecule has 1 rings (SSSR count). The summed E-state index contributed by atoms with van der Waals surface area (Å²) in [5, 5.41) is 18.6. The Bertz CT molecular complexity index is 378. The second kappa shape index (κ2) is 5.98. The number of benzene rings is 1. The van der Waals surface area contributed by atoms with Crippen LogP contribution in [0.2, 0.25) is 5.02 Å². The van der Waals surface area contributed by atoms with Crippen molar-refractivity contribution in [2.24, 2.45) is 0 Å². The van der Waals surface area contributed by atoms with Crippen LogP contribution in [0.25, 0.3) is 0 Å². The van der Waals surface area contributed by atoms with Gasteiger partial charge in [0.15, 0.2) is 0 Å². The third-order valence-electron chi connectivity index (χ3n) is 1.39. The first kappa shape index (κ1) is 13.4. The van der Waals surface area contributed by atoms with Gasteiger partial charge in [-0.2, -0.15) is 0 Å². The lowest BCUT2D eigenvalue weighted by molar-refractivity contribution is -0.384. The number of rotatable bonds is 2. The third-order valence-corrected chi connectivity index (χ3v) is 1.71. The Morgan fingerprint density at radius 3 is 2.33 bits per heavy atom. The summed E-state index contributed by atoms with van der Waals surface area (Å²) in [5.74, 6) is -1.21. The minimum Gasteiger partial charge on any atom is -0.478 e. The van der Waals surface area contributed by atoms with Crippen LogP contribution in [0.15, 0.2) is 18.2 Å². The molecule has 0 radical (unpaired) electrons. The van der Waals surface area contributed by atoms with Crippen LogP contribution in [0.3, 0.4) is 0 Å². The van der Waals surface area contributed by atoms with Gasteiger partial charge in [-0.25, -0.2) is 4.79 Å². The predicted octanol–water partition coefficient (Wildman–Crippen LogP) is 2.97. The second-order valence-electron chi connectivity index (χ2n) is 2.23. The van der Waals surface area contributed by atoms with E-state index in [1.807, 2.05) is 13.8 Å². The highest BCUT2D eigenvalue weighted by Gasteiger charge is 2.13. The molecule has 0 saturated carbocycles. The first-order valence-corrected chi connectivity index (χ1v) is 4.57. The monoisotopic (exact) mass is 231 g/mol. The molecule has 0 aliphatic carbocycles. The van der Waals surface area contributed by atoms with Gasteiger partial charge >= 0.3 is 5.97 Å². The van der Waals surface area contributed by atoms with Crippen LogP contribution >= 0.6 is 11.6 Å². The summed E-state index contributed by atoms with van der Waals surface area (Å²) in [5.41, 5.74) is -0.373. The number of carbonyl (C=O) groups is 1. The van der Waals surface area contributed by atoms with Crippen molar-refractivity contribution in [3.05, 3.63) is 38.9 Å². The van der Waals surface area contributed by atoms with Gasteiger partial charge in [-0.05, 0) is 6.07 Å². The fourth-order valence-electron chi connectivity index (χ4n) is 0.791. The zero-order valence-corrected chi connectivity index (χ0v) is 8.99. The molecule has 0 spiro atoms. The van der Waals surface area contributed by atoms with Gasteiger partial charge in [0, 0.05) is 12.1 Å². The fourth-order valence-corrected chi connectivity index (χ4v) is 1.05. The summed E-state index contributed by atoms with van der Waals surface area (Å²) in [7, 11) is 0. The number of nitro groups is 1. The van der Waals surface area contributed by atoms with Gasteiger partial charge in [-0.15, -0.1) is 0 Å². The molecule has 82 valence electrons. The van der Waals surface area contributed by atoms with Crippen LogP contribution < -0.4 is 0 Å². The SMILES string of the molecule is CC.O=C(O)c1ccc([N+](=O)[O-])cc1Cl. The van der Waals surface area contributed by atoms with Gasteiger partial charge in [0.2, 0.25) is 0 Å². The summed E-state index contributed by atoms with van der Waals surface area (Å²) in [6.45, 7) is 4.00. The highest BCUT2D eigenvalue weighted by Crippen LogP contribution is 2.22. The Kier molecular flexibility index (Phi) is 5.33. The van der Waals surface area contributed by atoms with Gasteiger partial charge in [0.1, 0.15) is 0 Å². The van der Waals surface area contributed by atoms with E-state index in [0.29, 0.717) is 0 Å². The van der Waals surface area contributed by atoms with E-state index in [4.69, 9.17) is 16.7 Å². The summed E-state index contributed by atoms with van der Waals surface area (Å²) in [4.78, 5) is 20.0. The van der Waals surface area contributed by atoms with Gasteiger partial charge in [0.05, 0.1) is 15.5 Å². The van der Waals surface area contributed by atoms with Crippen molar-refractivity contribution in [3.63, 3.8) is 0 Å². The number of nitro benzene ring substituents is 1. The molecule has 1 aromatic rings. The molecule has 1 N–H and O–H groups in total. The van der Waals surface area contributed by atoms with E-state index >= 15 is 0 Å². The van der Waals surface area contributed by atoms with Crippen molar-refractivity contribution in [1.29, 1.82) is 0 Å². The van der Waals surface area contributed by atoms with Crippen LogP contribution in [0.4, 0.5) is 5.69 Å². The van der Waals surface area contributed by atoms with Gasteiger partial charge in [-0.1, -0.05) is 25.4 Å². The average molecular weight is 232 g/mol. The summed E-state index contributed by atoms with van der Waals surface area (Å²) >= 11 is 5.48. The van der Waals surface area contributed by atoms with Gasteiger partial charge < -0.3 is 5.11 Å². The summed E-state index contributed by atoms with van der Waals surface area (Å²) < 4.78 is 0. The van der Waals surface area contributed by atoms with Crippen LogP contribution in [-0.4, -0.2) is 16.0 Å². The number of hydrogen-bond acceptors (Lipinski definition) is 3. The Morgan fingerprint density at radius 2 is 2.00 bits per heavy atom. The van der Waals surface area contributed by atoms with Gasteiger partial charge in [-0.3, -0.25) is 10.1 Å². The predicted molar refractivity (Wildman–Crippen MR) is 56.4 cm³/mol. The molecule has 0 amide bonds. The number of carboxylic acid groups (broad SMARTS) is 1. The summed E-state index contributed by atoms with van der Waals surface area (Å²) in [6.07, 6.45) is 0. The second-order valence-corrected chi connectivity index (χ2v) is 2.63. The third kappa shape index (κ3) is 3.55. The van der Waals surface area contributed by atoms with Crippen molar-refractivity contribution in [2.75, 3.05) is 0 Å². The van der Waals surface area contributed by atoms with Crippen LogP contribution in [0.1, 0.15) is 24.2 Å². The minimum atomic E-state index is -1.21. The lowest BCUT2D eigenvalue weighted by Crippen LogP contribution is -1.98. The number of aromatic carboxylic acids is 1. The van der Waals surface area contributed by atoms with E-state index < -0.39 is 10.9 Å². The van der Waals surface area contributed by atoms with E-state index in [0.717, 1.165) is 18.2 Å².